The molecule has 0 aliphatic heterocycles. The predicted molar refractivity (Wildman–Crippen MR) is 85.9 cm³/mol. The van der Waals surface area contributed by atoms with E-state index in [-0.39, 0.29) is 16.3 Å². The van der Waals surface area contributed by atoms with Crippen LogP contribution in [0.3, 0.4) is 0 Å². The number of nitrogens with one attached hydrogen (secondary N) is 1. The van der Waals surface area contributed by atoms with Gasteiger partial charge in [-0.2, -0.15) is 0 Å². The van der Waals surface area contributed by atoms with E-state index >= 15 is 0 Å². The van der Waals surface area contributed by atoms with E-state index in [0.717, 1.165) is 11.1 Å². The van der Waals surface area contributed by atoms with E-state index in [4.69, 9.17) is 4.52 Å². The Morgan fingerprint density at radius 2 is 1.87 bits per heavy atom. The maximum atomic E-state index is 12.3. The Kier molecular flexibility index (Phi) is 4.61. The largest absolute Gasteiger partial charge is 0.360 e. The van der Waals surface area contributed by atoms with Gasteiger partial charge in [0.15, 0.2) is 10.7 Å². The van der Waals surface area contributed by atoms with E-state index in [9.17, 15) is 13.2 Å². The summed E-state index contributed by atoms with van der Waals surface area (Å²) < 4.78 is 31.6. The molecule has 0 atom stereocenters. The van der Waals surface area contributed by atoms with Gasteiger partial charge in [0.2, 0.25) is 0 Å². The van der Waals surface area contributed by atoms with Crippen molar-refractivity contribution in [2.24, 2.45) is 0 Å². The monoisotopic (exact) mass is 336 g/mol. The zero-order valence-corrected chi connectivity index (χ0v) is 14.6. The molecule has 2 aromatic rings. The summed E-state index contributed by atoms with van der Waals surface area (Å²) in [5.41, 5.74) is 2.58. The lowest BCUT2D eigenvalue weighted by Crippen LogP contribution is -2.31. The van der Waals surface area contributed by atoms with Crippen LogP contribution < -0.4 is 4.72 Å². The first-order valence-corrected chi connectivity index (χ1v) is 8.72. The Morgan fingerprint density at radius 3 is 2.35 bits per heavy atom. The minimum Gasteiger partial charge on any atom is -0.360 e. The second-order valence-corrected chi connectivity index (χ2v) is 7.43. The third-order valence-corrected chi connectivity index (χ3v) is 5.19. The Balaban J connectivity index is 2.31. The molecule has 124 valence electrons. The van der Waals surface area contributed by atoms with Crippen molar-refractivity contribution < 1.29 is 17.7 Å². The maximum absolute atomic E-state index is 12.3. The summed E-state index contributed by atoms with van der Waals surface area (Å²) >= 11 is 0. The van der Waals surface area contributed by atoms with Gasteiger partial charge in [0.25, 0.3) is 15.9 Å². The molecule has 0 aliphatic carbocycles. The molecule has 0 bridgehead atoms. The summed E-state index contributed by atoms with van der Waals surface area (Å²) in [6, 6.07) is 5.16. The van der Waals surface area contributed by atoms with Crippen molar-refractivity contribution >= 4 is 15.9 Å². The standard InChI is InChI=1S/C16H20N2O4S/c1-9(2)14-7-6-13(8-10(14)3)16(19)18-23(20,21)15-11(4)17-22-12(15)5/h6-9H,1-5H3,(H,18,19). The number of carbonyl (C=O) groups excluding carboxylic acids is 1. The number of benzene rings is 1. The fourth-order valence-electron chi connectivity index (χ4n) is 2.55. The highest BCUT2D eigenvalue weighted by atomic mass is 32.2. The van der Waals surface area contributed by atoms with Gasteiger partial charge in [-0.15, -0.1) is 0 Å². The van der Waals surface area contributed by atoms with Crippen LogP contribution >= 0.6 is 0 Å². The van der Waals surface area contributed by atoms with E-state index in [1.54, 1.807) is 12.1 Å². The number of hydrogen-bond acceptors (Lipinski definition) is 5. The summed E-state index contributed by atoms with van der Waals surface area (Å²) in [7, 11) is -4.02. The lowest BCUT2D eigenvalue weighted by atomic mass is 9.96. The molecule has 0 fully saturated rings. The normalized spacial score (nSPS) is 11.7. The number of amides is 1. The van der Waals surface area contributed by atoms with Crippen LogP contribution in [0, 0.1) is 20.8 Å². The molecule has 0 spiro atoms. The first kappa shape index (κ1) is 17.2. The SMILES string of the molecule is Cc1cc(C(=O)NS(=O)(=O)c2c(C)noc2C)ccc1C(C)C. The van der Waals surface area contributed by atoms with Crippen LogP contribution in [-0.4, -0.2) is 19.5 Å². The average molecular weight is 336 g/mol. The number of aryl methyl sites for hydroxylation is 3. The van der Waals surface area contributed by atoms with Gasteiger partial charge in [-0.3, -0.25) is 4.79 Å². The Labute approximate surface area is 135 Å². The lowest BCUT2D eigenvalue weighted by molar-refractivity contribution is 0.0981. The molecule has 1 amide bonds. The third-order valence-electron chi connectivity index (χ3n) is 3.62. The molecule has 2 rings (SSSR count). The van der Waals surface area contributed by atoms with Gasteiger partial charge >= 0.3 is 0 Å². The van der Waals surface area contributed by atoms with Crippen molar-refractivity contribution in [2.45, 2.75) is 45.4 Å². The van der Waals surface area contributed by atoms with Gasteiger partial charge in [-0.25, -0.2) is 13.1 Å². The summed E-state index contributed by atoms with van der Waals surface area (Å²) in [5, 5.41) is 3.60. The van der Waals surface area contributed by atoms with E-state index < -0.39 is 15.9 Å². The fraction of sp³-hybridized carbons (Fsp3) is 0.375. The van der Waals surface area contributed by atoms with Gasteiger partial charge in [0, 0.05) is 5.56 Å². The lowest BCUT2D eigenvalue weighted by Gasteiger charge is -2.12. The highest BCUT2D eigenvalue weighted by Crippen LogP contribution is 2.21. The van der Waals surface area contributed by atoms with Gasteiger partial charge < -0.3 is 4.52 Å². The molecule has 1 aromatic heterocycles. The van der Waals surface area contributed by atoms with Crippen LogP contribution in [0.1, 0.15) is 52.7 Å². The average Bonchev–Trinajstić information content (AvgIpc) is 2.77. The smallest absolute Gasteiger partial charge is 0.269 e. The summed E-state index contributed by atoms with van der Waals surface area (Å²) in [6.07, 6.45) is 0. The second kappa shape index (κ2) is 6.16. The van der Waals surface area contributed by atoms with E-state index in [2.05, 4.69) is 23.7 Å². The van der Waals surface area contributed by atoms with E-state index in [1.165, 1.54) is 13.8 Å². The highest BCUT2D eigenvalue weighted by molar-refractivity contribution is 7.90. The number of carbonyl (C=O) groups is 1. The quantitative estimate of drug-likeness (QED) is 0.927. The van der Waals surface area contributed by atoms with Crippen LogP contribution in [0.5, 0.6) is 0 Å². The summed E-state index contributed by atoms with van der Waals surface area (Å²) in [5.74, 6) is -0.198. The van der Waals surface area contributed by atoms with Crippen LogP contribution in [0.15, 0.2) is 27.6 Å². The minimum absolute atomic E-state index is 0.0960. The molecular weight excluding hydrogens is 316 g/mol. The number of nitrogens with zero attached hydrogens (tertiary/aromatic N) is 1. The van der Waals surface area contributed by atoms with Gasteiger partial charge in [0.1, 0.15) is 5.69 Å². The molecule has 0 aliphatic rings. The number of hydrogen-bond donors (Lipinski definition) is 1. The number of rotatable bonds is 4. The van der Waals surface area contributed by atoms with E-state index in [0.29, 0.717) is 11.5 Å². The van der Waals surface area contributed by atoms with Crippen molar-refractivity contribution in [2.75, 3.05) is 0 Å². The Morgan fingerprint density at radius 1 is 1.22 bits per heavy atom. The molecule has 1 heterocycles. The van der Waals surface area contributed by atoms with Crippen LogP contribution in [-0.2, 0) is 10.0 Å². The molecule has 1 aromatic carbocycles. The van der Waals surface area contributed by atoms with Gasteiger partial charge in [0.05, 0.1) is 0 Å². The Bertz CT molecular complexity index is 831. The van der Waals surface area contributed by atoms with Crippen molar-refractivity contribution in [1.29, 1.82) is 0 Å². The number of sulfonamides is 1. The van der Waals surface area contributed by atoms with Gasteiger partial charge in [-0.05, 0) is 49.9 Å². The summed E-state index contributed by atoms with van der Waals surface area (Å²) in [4.78, 5) is 12.2. The van der Waals surface area contributed by atoms with Crippen LogP contribution in [0.2, 0.25) is 0 Å². The van der Waals surface area contributed by atoms with Crippen molar-refractivity contribution in [1.82, 2.24) is 9.88 Å². The molecule has 0 unspecified atom stereocenters. The van der Waals surface area contributed by atoms with Gasteiger partial charge in [-0.1, -0.05) is 25.1 Å². The second-order valence-electron chi connectivity index (χ2n) is 5.81. The van der Waals surface area contributed by atoms with Crippen LogP contribution in [0.4, 0.5) is 0 Å². The first-order chi connectivity index (χ1) is 10.6. The molecule has 0 saturated carbocycles. The van der Waals surface area contributed by atoms with E-state index in [1.807, 2.05) is 13.0 Å². The molecule has 0 saturated heterocycles. The predicted octanol–water partition coefficient (Wildman–Crippen LogP) is 2.84. The fourth-order valence-corrected chi connectivity index (χ4v) is 3.86. The van der Waals surface area contributed by atoms with Crippen molar-refractivity contribution in [3.63, 3.8) is 0 Å². The molecular formula is C16H20N2O4S. The Hall–Kier alpha value is -2.15. The number of aromatic nitrogens is 1. The topological polar surface area (TPSA) is 89.3 Å². The van der Waals surface area contributed by atoms with Crippen molar-refractivity contribution in [3.8, 4) is 0 Å². The maximum Gasteiger partial charge on any atom is 0.269 e. The summed E-state index contributed by atoms with van der Waals surface area (Å²) in [6.45, 7) is 9.01. The highest BCUT2D eigenvalue weighted by Gasteiger charge is 2.26. The molecule has 0 radical (unpaired) electrons. The zero-order valence-electron chi connectivity index (χ0n) is 13.8. The molecule has 23 heavy (non-hydrogen) atoms. The third kappa shape index (κ3) is 3.44. The minimum atomic E-state index is -4.02. The first-order valence-electron chi connectivity index (χ1n) is 7.24. The molecule has 6 nitrogen and oxygen atoms in total. The molecule has 1 N–H and O–H groups in total. The van der Waals surface area contributed by atoms with Crippen LogP contribution in [0.25, 0.3) is 0 Å². The molecule has 7 heteroatoms. The van der Waals surface area contributed by atoms with Crippen molar-refractivity contribution in [3.05, 3.63) is 46.3 Å². The zero-order chi connectivity index (χ0) is 17.4.